The molecule has 25 heavy (non-hydrogen) atoms. The molecule has 7 heteroatoms. The van der Waals surface area contributed by atoms with Gasteiger partial charge in [-0.25, -0.2) is 9.97 Å². The number of hydrogen-bond acceptors (Lipinski definition) is 6. The van der Waals surface area contributed by atoms with Gasteiger partial charge in [0.1, 0.15) is 16.4 Å². The Morgan fingerprint density at radius 2 is 1.96 bits per heavy atom. The standard InChI is InChI=1S/C18H17N5OS/c1-10-19-18-15(13-7-8-22(2)9-14(13)25-18)17-20-16(21-23(10)17)11-3-5-12(24)6-4-11/h3-6,24H,7-9H2,1-2H3. The van der Waals surface area contributed by atoms with Crippen LogP contribution in [0.25, 0.3) is 27.3 Å². The Hall–Kier alpha value is -2.51. The third kappa shape index (κ3) is 2.23. The third-order valence-corrected chi connectivity index (χ3v) is 5.87. The Morgan fingerprint density at radius 3 is 2.76 bits per heavy atom. The van der Waals surface area contributed by atoms with Gasteiger partial charge >= 0.3 is 0 Å². The van der Waals surface area contributed by atoms with Crippen LogP contribution in [0.5, 0.6) is 5.75 Å². The molecule has 0 aliphatic carbocycles. The first-order chi connectivity index (χ1) is 12.1. The molecule has 1 aliphatic rings. The molecular weight excluding hydrogens is 334 g/mol. The number of aromatic nitrogens is 4. The molecule has 1 aliphatic heterocycles. The summed E-state index contributed by atoms with van der Waals surface area (Å²) >= 11 is 1.77. The highest BCUT2D eigenvalue weighted by Gasteiger charge is 2.23. The van der Waals surface area contributed by atoms with E-state index in [4.69, 9.17) is 9.97 Å². The Labute approximate surface area is 148 Å². The summed E-state index contributed by atoms with van der Waals surface area (Å²) in [4.78, 5) is 14.4. The van der Waals surface area contributed by atoms with Crippen molar-refractivity contribution >= 4 is 27.2 Å². The summed E-state index contributed by atoms with van der Waals surface area (Å²) in [6.45, 7) is 3.99. The maximum atomic E-state index is 9.50. The van der Waals surface area contributed by atoms with Gasteiger partial charge in [0.15, 0.2) is 11.5 Å². The maximum Gasteiger partial charge on any atom is 0.182 e. The van der Waals surface area contributed by atoms with E-state index in [2.05, 4.69) is 17.0 Å². The zero-order valence-corrected chi connectivity index (χ0v) is 14.8. The second-order valence-corrected chi connectivity index (χ2v) is 7.63. The highest BCUT2D eigenvalue weighted by atomic mass is 32.1. The van der Waals surface area contributed by atoms with Crippen molar-refractivity contribution in [3.8, 4) is 17.1 Å². The first-order valence-corrected chi connectivity index (χ1v) is 9.07. The molecule has 4 heterocycles. The van der Waals surface area contributed by atoms with E-state index in [1.165, 1.54) is 10.4 Å². The molecule has 0 atom stereocenters. The van der Waals surface area contributed by atoms with Gasteiger partial charge in [0.05, 0.1) is 5.39 Å². The molecule has 6 nitrogen and oxygen atoms in total. The van der Waals surface area contributed by atoms with Crippen molar-refractivity contribution in [2.24, 2.45) is 0 Å². The van der Waals surface area contributed by atoms with Crippen molar-refractivity contribution in [1.29, 1.82) is 0 Å². The van der Waals surface area contributed by atoms with Crippen molar-refractivity contribution in [3.05, 3.63) is 40.5 Å². The van der Waals surface area contributed by atoms with Crippen LogP contribution in [0.1, 0.15) is 16.3 Å². The molecule has 0 radical (unpaired) electrons. The van der Waals surface area contributed by atoms with Crippen LogP contribution in [-0.2, 0) is 13.0 Å². The predicted octanol–water partition coefficient (Wildman–Crippen LogP) is 3.01. The number of benzene rings is 1. The van der Waals surface area contributed by atoms with Gasteiger partial charge < -0.3 is 10.0 Å². The summed E-state index contributed by atoms with van der Waals surface area (Å²) in [5, 5.41) is 15.3. The van der Waals surface area contributed by atoms with Crippen molar-refractivity contribution in [2.45, 2.75) is 19.9 Å². The molecule has 4 aromatic rings. The molecule has 0 unspecified atom stereocenters. The summed E-state index contributed by atoms with van der Waals surface area (Å²) in [6.07, 6.45) is 1.02. The van der Waals surface area contributed by atoms with Crippen LogP contribution in [0.2, 0.25) is 0 Å². The average molecular weight is 351 g/mol. The second kappa shape index (κ2) is 5.24. The first kappa shape index (κ1) is 14.8. The van der Waals surface area contributed by atoms with Crippen molar-refractivity contribution in [1.82, 2.24) is 24.5 Å². The molecule has 0 amide bonds. The van der Waals surface area contributed by atoms with Gasteiger partial charge in [-0.2, -0.15) is 4.52 Å². The summed E-state index contributed by atoms with van der Waals surface area (Å²) in [6, 6.07) is 6.98. The van der Waals surface area contributed by atoms with Gasteiger partial charge in [-0.05, 0) is 50.2 Å². The summed E-state index contributed by atoms with van der Waals surface area (Å²) in [5.74, 6) is 1.74. The third-order valence-electron chi connectivity index (χ3n) is 4.76. The van der Waals surface area contributed by atoms with Crippen LogP contribution in [0, 0.1) is 6.92 Å². The number of hydrogen-bond donors (Lipinski definition) is 1. The van der Waals surface area contributed by atoms with E-state index in [1.807, 2.05) is 23.6 Å². The molecule has 126 valence electrons. The summed E-state index contributed by atoms with van der Waals surface area (Å²) in [7, 11) is 2.15. The highest BCUT2D eigenvalue weighted by molar-refractivity contribution is 7.19. The Kier molecular flexibility index (Phi) is 3.10. The fourth-order valence-electron chi connectivity index (χ4n) is 3.45. The SMILES string of the molecule is Cc1nc2sc3c(c2c2nc(-c4ccc(O)cc4)nn12)CCN(C)C3. The van der Waals surface area contributed by atoms with Crippen LogP contribution >= 0.6 is 11.3 Å². The first-order valence-electron chi connectivity index (χ1n) is 8.26. The van der Waals surface area contributed by atoms with E-state index in [-0.39, 0.29) is 5.75 Å². The summed E-state index contributed by atoms with van der Waals surface area (Å²) in [5.41, 5.74) is 3.14. The van der Waals surface area contributed by atoms with E-state index in [1.54, 1.807) is 23.5 Å². The zero-order valence-electron chi connectivity index (χ0n) is 14.0. The lowest BCUT2D eigenvalue weighted by Crippen LogP contribution is -2.25. The molecule has 0 spiro atoms. The number of likely N-dealkylation sites (N-methyl/N-ethyl adjacent to an activating group) is 1. The molecule has 0 saturated heterocycles. The van der Waals surface area contributed by atoms with Crippen LogP contribution in [0.3, 0.4) is 0 Å². The Morgan fingerprint density at radius 1 is 1.16 bits per heavy atom. The summed E-state index contributed by atoms with van der Waals surface area (Å²) < 4.78 is 1.84. The average Bonchev–Trinajstić information content (AvgIpc) is 3.16. The smallest absolute Gasteiger partial charge is 0.182 e. The van der Waals surface area contributed by atoms with Gasteiger partial charge in [-0.15, -0.1) is 16.4 Å². The molecule has 5 rings (SSSR count). The lowest BCUT2D eigenvalue weighted by atomic mass is 10.1. The minimum Gasteiger partial charge on any atom is -0.508 e. The van der Waals surface area contributed by atoms with Gasteiger partial charge in [-0.1, -0.05) is 0 Å². The number of rotatable bonds is 1. The quantitative estimate of drug-likeness (QED) is 0.571. The van der Waals surface area contributed by atoms with E-state index < -0.39 is 0 Å². The lowest BCUT2D eigenvalue weighted by Gasteiger charge is -2.21. The van der Waals surface area contributed by atoms with Crippen LogP contribution in [0.15, 0.2) is 24.3 Å². The lowest BCUT2D eigenvalue weighted by molar-refractivity contribution is 0.318. The molecule has 0 bridgehead atoms. The number of phenols is 1. The number of nitrogens with zero attached hydrogens (tertiary/aromatic N) is 5. The molecule has 3 aromatic heterocycles. The molecule has 1 aromatic carbocycles. The van der Waals surface area contributed by atoms with E-state index in [0.717, 1.165) is 46.8 Å². The van der Waals surface area contributed by atoms with Crippen molar-refractivity contribution in [3.63, 3.8) is 0 Å². The van der Waals surface area contributed by atoms with Crippen molar-refractivity contribution < 1.29 is 5.11 Å². The second-order valence-electron chi connectivity index (χ2n) is 6.55. The number of thiophene rings is 1. The fourth-order valence-corrected chi connectivity index (χ4v) is 4.79. The van der Waals surface area contributed by atoms with Crippen LogP contribution in [-0.4, -0.2) is 43.2 Å². The molecule has 0 saturated carbocycles. The number of fused-ring (bicyclic) bond motifs is 5. The Balaban J connectivity index is 1.78. The monoisotopic (exact) mass is 351 g/mol. The normalized spacial score (nSPS) is 15.1. The van der Waals surface area contributed by atoms with E-state index >= 15 is 0 Å². The maximum absolute atomic E-state index is 9.50. The Bertz CT molecular complexity index is 1110. The van der Waals surface area contributed by atoms with Gasteiger partial charge in [0.25, 0.3) is 0 Å². The number of aryl methyl sites for hydroxylation is 1. The van der Waals surface area contributed by atoms with Crippen LogP contribution in [0.4, 0.5) is 0 Å². The fraction of sp³-hybridized carbons (Fsp3) is 0.278. The highest BCUT2D eigenvalue weighted by Crippen LogP contribution is 2.36. The van der Waals surface area contributed by atoms with Crippen LogP contribution < -0.4 is 0 Å². The topological polar surface area (TPSA) is 66.5 Å². The van der Waals surface area contributed by atoms with Gasteiger partial charge in [0, 0.05) is 23.5 Å². The minimum atomic E-state index is 0.240. The molecular formula is C18H17N5OS. The molecule has 1 N–H and O–H groups in total. The van der Waals surface area contributed by atoms with Gasteiger partial charge in [-0.3, -0.25) is 0 Å². The predicted molar refractivity (Wildman–Crippen MR) is 98.0 cm³/mol. The number of phenolic OH excluding ortho intramolecular Hbond substituents is 1. The number of aromatic hydroxyl groups is 1. The largest absolute Gasteiger partial charge is 0.508 e. The minimum absolute atomic E-state index is 0.240. The van der Waals surface area contributed by atoms with Crippen molar-refractivity contribution in [2.75, 3.05) is 13.6 Å². The van der Waals surface area contributed by atoms with E-state index in [9.17, 15) is 5.11 Å². The molecule has 0 fully saturated rings. The zero-order chi connectivity index (χ0) is 17.1. The van der Waals surface area contributed by atoms with Gasteiger partial charge in [0.2, 0.25) is 0 Å². The van der Waals surface area contributed by atoms with E-state index in [0.29, 0.717) is 5.82 Å².